The highest BCUT2D eigenvalue weighted by atomic mass is 35.5. The highest BCUT2D eigenvalue weighted by Gasteiger charge is 1.89. The molecular formula is C7H8ClNS. The standard InChI is InChI=1S/C7H8ClNS/c1-6-2-4-7(5-3-6)10-9-8/h2-5,9H,1H3. The molecule has 3 heteroatoms. The van der Waals surface area contributed by atoms with E-state index >= 15 is 0 Å². The second-order valence-electron chi connectivity index (χ2n) is 1.99. The van der Waals surface area contributed by atoms with Gasteiger partial charge in [0.25, 0.3) is 0 Å². The molecule has 0 unspecified atom stereocenters. The first kappa shape index (κ1) is 7.92. The Morgan fingerprint density at radius 1 is 1.30 bits per heavy atom. The molecule has 1 aromatic rings. The van der Waals surface area contributed by atoms with Crippen molar-refractivity contribution >= 4 is 23.7 Å². The van der Waals surface area contributed by atoms with Crippen LogP contribution in [0.15, 0.2) is 29.2 Å². The van der Waals surface area contributed by atoms with Crippen molar-refractivity contribution in [1.29, 1.82) is 0 Å². The van der Waals surface area contributed by atoms with Crippen molar-refractivity contribution < 1.29 is 0 Å². The third-order valence-corrected chi connectivity index (χ3v) is 1.99. The zero-order chi connectivity index (χ0) is 7.40. The first-order valence-corrected chi connectivity index (χ1v) is 4.11. The number of hydrogen-bond donors (Lipinski definition) is 1. The summed E-state index contributed by atoms with van der Waals surface area (Å²) in [5, 5.41) is 0. The lowest BCUT2D eigenvalue weighted by Crippen LogP contribution is -1.81. The monoisotopic (exact) mass is 173 g/mol. The third kappa shape index (κ3) is 2.21. The summed E-state index contributed by atoms with van der Waals surface area (Å²) in [6.07, 6.45) is 0. The quantitative estimate of drug-likeness (QED) is 0.545. The summed E-state index contributed by atoms with van der Waals surface area (Å²) in [5.74, 6) is 0. The van der Waals surface area contributed by atoms with Crippen LogP contribution >= 0.6 is 23.7 Å². The first-order chi connectivity index (χ1) is 4.83. The van der Waals surface area contributed by atoms with Crippen LogP contribution in [0.5, 0.6) is 0 Å². The molecule has 0 saturated heterocycles. The van der Waals surface area contributed by atoms with Crippen LogP contribution in [0.2, 0.25) is 0 Å². The van der Waals surface area contributed by atoms with Gasteiger partial charge in [0.05, 0.1) is 0 Å². The van der Waals surface area contributed by atoms with Crippen LogP contribution in [0.1, 0.15) is 5.56 Å². The SMILES string of the molecule is Cc1ccc(SNCl)cc1. The minimum atomic E-state index is 1.13. The van der Waals surface area contributed by atoms with Gasteiger partial charge >= 0.3 is 0 Å². The summed E-state index contributed by atoms with van der Waals surface area (Å²) in [6, 6.07) is 8.15. The Morgan fingerprint density at radius 3 is 2.40 bits per heavy atom. The van der Waals surface area contributed by atoms with Gasteiger partial charge in [0, 0.05) is 4.90 Å². The molecule has 0 amide bonds. The van der Waals surface area contributed by atoms with Crippen molar-refractivity contribution in [2.24, 2.45) is 0 Å². The Morgan fingerprint density at radius 2 is 1.90 bits per heavy atom. The highest BCUT2D eigenvalue weighted by molar-refractivity contribution is 7.98. The molecule has 0 aliphatic carbocycles. The summed E-state index contributed by atoms with van der Waals surface area (Å²) in [5.41, 5.74) is 1.26. The molecule has 0 atom stereocenters. The van der Waals surface area contributed by atoms with Gasteiger partial charge in [-0.15, -0.1) is 0 Å². The molecule has 0 saturated carbocycles. The third-order valence-electron chi connectivity index (χ3n) is 1.18. The molecule has 0 bridgehead atoms. The molecule has 0 heterocycles. The van der Waals surface area contributed by atoms with Gasteiger partial charge in [0.15, 0.2) is 0 Å². The lowest BCUT2D eigenvalue weighted by Gasteiger charge is -1.96. The van der Waals surface area contributed by atoms with E-state index in [-0.39, 0.29) is 0 Å². The Balaban J connectivity index is 2.69. The predicted octanol–water partition coefficient (Wildman–Crippen LogP) is 2.75. The molecule has 1 N–H and O–H groups in total. The van der Waals surface area contributed by atoms with Crippen molar-refractivity contribution in [2.75, 3.05) is 0 Å². The van der Waals surface area contributed by atoms with Crippen LogP contribution in [-0.4, -0.2) is 0 Å². The maximum Gasteiger partial charge on any atom is 0.0239 e. The minimum Gasteiger partial charge on any atom is -0.172 e. The zero-order valence-corrected chi connectivity index (χ0v) is 7.17. The molecule has 10 heavy (non-hydrogen) atoms. The van der Waals surface area contributed by atoms with Crippen LogP contribution in [0.25, 0.3) is 0 Å². The Labute approximate surface area is 70.0 Å². The summed E-state index contributed by atoms with van der Waals surface area (Å²) in [6.45, 7) is 2.06. The van der Waals surface area contributed by atoms with Gasteiger partial charge in [0.2, 0.25) is 0 Å². The van der Waals surface area contributed by atoms with E-state index < -0.39 is 0 Å². The maximum atomic E-state index is 5.29. The van der Waals surface area contributed by atoms with E-state index in [9.17, 15) is 0 Å². The summed E-state index contributed by atoms with van der Waals surface area (Å²) in [4.78, 5) is 1.13. The number of nitrogens with one attached hydrogen (secondary N) is 1. The first-order valence-electron chi connectivity index (χ1n) is 2.92. The average molecular weight is 174 g/mol. The molecule has 0 aliphatic heterocycles. The Kier molecular flexibility index (Phi) is 3.06. The van der Waals surface area contributed by atoms with Gasteiger partial charge in [-0.1, -0.05) is 17.7 Å². The normalized spacial score (nSPS) is 9.80. The molecular weight excluding hydrogens is 166 g/mol. The number of aryl methyl sites for hydroxylation is 1. The fraction of sp³-hybridized carbons (Fsp3) is 0.143. The fourth-order valence-electron chi connectivity index (χ4n) is 0.651. The molecule has 0 aromatic heterocycles. The highest BCUT2D eigenvalue weighted by Crippen LogP contribution is 2.14. The number of benzene rings is 1. The van der Waals surface area contributed by atoms with Crippen molar-refractivity contribution in [1.82, 2.24) is 4.24 Å². The van der Waals surface area contributed by atoms with Crippen LogP contribution in [0, 0.1) is 6.92 Å². The van der Waals surface area contributed by atoms with Crippen molar-refractivity contribution in [3.05, 3.63) is 29.8 Å². The van der Waals surface area contributed by atoms with Gasteiger partial charge in [-0.2, -0.15) is 4.24 Å². The van der Waals surface area contributed by atoms with E-state index in [0.29, 0.717) is 0 Å². The van der Waals surface area contributed by atoms with Crippen molar-refractivity contribution in [2.45, 2.75) is 11.8 Å². The van der Waals surface area contributed by atoms with Crippen LogP contribution in [-0.2, 0) is 0 Å². The number of halogens is 1. The average Bonchev–Trinajstić information content (AvgIpc) is 1.95. The van der Waals surface area contributed by atoms with Crippen LogP contribution in [0.4, 0.5) is 0 Å². The molecule has 1 nitrogen and oxygen atoms in total. The largest absolute Gasteiger partial charge is 0.172 e. The minimum absolute atomic E-state index is 1.13. The molecule has 0 spiro atoms. The molecule has 1 rings (SSSR count). The Hall–Kier alpha value is -0.180. The number of rotatable bonds is 2. The number of hydrogen-bond acceptors (Lipinski definition) is 2. The van der Waals surface area contributed by atoms with Crippen LogP contribution in [0.3, 0.4) is 0 Å². The zero-order valence-electron chi connectivity index (χ0n) is 5.60. The van der Waals surface area contributed by atoms with Gasteiger partial charge in [0.1, 0.15) is 0 Å². The summed E-state index contributed by atoms with van der Waals surface area (Å²) >= 11 is 6.69. The topological polar surface area (TPSA) is 12.0 Å². The van der Waals surface area contributed by atoms with Gasteiger partial charge in [-0.25, -0.2) is 0 Å². The van der Waals surface area contributed by atoms with E-state index in [4.69, 9.17) is 11.8 Å². The summed E-state index contributed by atoms with van der Waals surface area (Å²) < 4.78 is 2.49. The van der Waals surface area contributed by atoms with E-state index in [2.05, 4.69) is 23.3 Å². The molecule has 0 aliphatic rings. The van der Waals surface area contributed by atoms with Crippen LogP contribution < -0.4 is 4.24 Å². The summed E-state index contributed by atoms with van der Waals surface area (Å²) in [7, 11) is 0. The van der Waals surface area contributed by atoms with E-state index in [1.54, 1.807) is 0 Å². The van der Waals surface area contributed by atoms with Crippen molar-refractivity contribution in [3.8, 4) is 0 Å². The Bertz CT molecular complexity index is 197. The fourth-order valence-corrected chi connectivity index (χ4v) is 1.28. The molecule has 1 aromatic carbocycles. The van der Waals surface area contributed by atoms with E-state index in [1.807, 2.05) is 12.1 Å². The van der Waals surface area contributed by atoms with E-state index in [0.717, 1.165) is 4.90 Å². The molecule has 0 radical (unpaired) electrons. The van der Waals surface area contributed by atoms with Gasteiger partial charge < -0.3 is 0 Å². The second kappa shape index (κ2) is 3.86. The lowest BCUT2D eigenvalue weighted by molar-refractivity contribution is 1.37. The second-order valence-corrected chi connectivity index (χ2v) is 3.29. The van der Waals surface area contributed by atoms with Crippen molar-refractivity contribution in [3.63, 3.8) is 0 Å². The lowest BCUT2D eigenvalue weighted by atomic mass is 10.2. The smallest absolute Gasteiger partial charge is 0.0239 e. The molecule has 54 valence electrons. The predicted molar refractivity (Wildman–Crippen MR) is 46.0 cm³/mol. The molecule has 0 fully saturated rings. The van der Waals surface area contributed by atoms with E-state index in [1.165, 1.54) is 17.5 Å². The van der Waals surface area contributed by atoms with Gasteiger partial charge in [-0.3, -0.25) is 0 Å². The van der Waals surface area contributed by atoms with Gasteiger partial charge in [-0.05, 0) is 42.8 Å². The maximum absolute atomic E-state index is 5.29.